The molecule has 19 heavy (non-hydrogen) atoms. The van der Waals surface area contributed by atoms with Crippen molar-refractivity contribution in [1.29, 1.82) is 0 Å². The average molecular weight is 290 g/mol. The van der Waals surface area contributed by atoms with Crippen molar-refractivity contribution >= 4 is 34.4 Å². The third kappa shape index (κ3) is 3.78. The van der Waals surface area contributed by atoms with Gasteiger partial charge in [-0.25, -0.2) is 0 Å². The number of anilines is 1. The maximum absolute atomic E-state index is 5.43. The molecule has 1 aromatic heterocycles. The lowest BCUT2D eigenvalue weighted by Crippen LogP contribution is -2.30. The minimum absolute atomic E-state index is 0.745. The highest BCUT2D eigenvalue weighted by Crippen LogP contribution is 2.15. The van der Waals surface area contributed by atoms with E-state index >= 15 is 0 Å². The van der Waals surface area contributed by atoms with Crippen LogP contribution >= 0.6 is 23.6 Å². The molecule has 0 saturated carbocycles. The SMILES string of the molecule is Cc1ccc(NC(=S)N(C)Cc2ccsc2)cc1C. The Morgan fingerprint density at radius 2 is 2.05 bits per heavy atom. The highest BCUT2D eigenvalue weighted by atomic mass is 32.1. The number of thiophene rings is 1. The smallest absolute Gasteiger partial charge is 0.173 e. The van der Waals surface area contributed by atoms with E-state index in [9.17, 15) is 0 Å². The minimum atomic E-state index is 0.745. The third-order valence-corrected chi connectivity index (χ3v) is 4.25. The van der Waals surface area contributed by atoms with Gasteiger partial charge in [0.15, 0.2) is 5.11 Å². The first-order chi connectivity index (χ1) is 9.06. The second-order valence-corrected chi connectivity index (χ2v) is 5.88. The summed E-state index contributed by atoms with van der Waals surface area (Å²) in [4.78, 5) is 2.05. The number of thiocarbonyl (C=S) groups is 1. The van der Waals surface area contributed by atoms with E-state index in [0.717, 1.165) is 17.3 Å². The topological polar surface area (TPSA) is 15.3 Å². The van der Waals surface area contributed by atoms with E-state index in [-0.39, 0.29) is 0 Å². The van der Waals surface area contributed by atoms with Gasteiger partial charge >= 0.3 is 0 Å². The van der Waals surface area contributed by atoms with Crippen LogP contribution < -0.4 is 5.32 Å². The van der Waals surface area contributed by atoms with E-state index < -0.39 is 0 Å². The van der Waals surface area contributed by atoms with Crippen LogP contribution in [0.25, 0.3) is 0 Å². The minimum Gasteiger partial charge on any atom is -0.348 e. The van der Waals surface area contributed by atoms with Gasteiger partial charge in [0.05, 0.1) is 0 Å². The molecule has 100 valence electrons. The second kappa shape index (κ2) is 6.17. The molecule has 1 heterocycles. The zero-order valence-corrected chi connectivity index (χ0v) is 13.1. The van der Waals surface area contributed by atoms with Gasteiger partial charge in [0.1, 0.15) is 0 Å². The molecule has 1 N–H and O–H groups in total. The fraction of sp³-hybridized carbons (Fsp3) is 0.267. The van der Waals surface area contributed by atoms with Crippen LogP contribution in [0.15, 0.2) is 35.0 Å². The first kappa shape index (κ1) is 14.0. The van der Waals surface area contributed by atoms with Gasteiger partial charge < -0.3 is 10.2 Å². The maximum atomic E-state index is 5.43. The molecule has 0 fully saturated rings. The van der Waals surface area contributed by atoms with Crippen LogP contribution in [0.2, 0.25) is 0 Å². The molecule has 4 heteroatoms. The Hall–Kier alpha value is -1.39. The number of nitrogens with zero attached hydrogens (tertiary/aromatic N) is 1. The fourth-order valence-corrected chi connectivity index (χ4v) is 2.61. The van der Waals surface area contributed by atoms with E-state index in [4.69, 9.17) is 12.2 Å². The van der Waals surface area contributed by atoms with Crippen molar-refractivity contribution in [2.24, 2.45) is 0 Å². The molecule has 2 nitrogen and oxygen atoms in total. The molecule has 0 spiro atoms. The van der Waals surface area contributed by atoms with E-state index in [1.807, 2.05) is 11.9 Å². The molecule has 0 saturated heterocycles. The van der Waals surface area contributed by atoms with Gasteiger partial charge in [-0.15, -0.1) is 0 Å². The molecule has 0 aliphatic heterocycles. The van der Waals surface area contributed by atoms with Crippen LogP contribution in [0.4, 0.5) is 5.69 Å². The Balaban J connectivity index is 1.98. The molecule has 0 unspecified atom stereocenters. The molecule has 0 aliphatic rings. The Labute approximate surface area is 124 Å². The Bertz CT molecular complexity index is 562. The molecule has 0 radical (unpaired) electrons. The lowest BCUT2D eigenvalue weighted by molar-refractivity contribution is 0.509. The average Bonchev–Trinajstić information content (AvgIpc) is 2.86. The summed E-state index contributed by atoms with van der Waals surface area (Å²) in [6.45, 7) is 5.05. The highest BCUT2D eigenvalue weighted by molar-refractivity contribution is 7.80. The summed E-state index contributed by atoms with van der Waals surface area (Å²) in [5, 5.41) is 8.26. The fourth-order valence-electron chi connectivity index (χ4n) is 1.77. The van der Waals surface area contributed by atoms with Gasteiger partial charge in [0.2, 0.25) is 0 Å². The highest BCUT2D eigenvalue weighted by Gasteiger charge is 2.06. The molecular weight excluding hydrogens is 272 g/mol. The third-order valence-electron chi connectivity index (χ3n) is 3.10. The van der Waals surface area contributed by atoms with Gasteiger partial charge in [-0.2, -0.15) is 11.3 Å². The Morgan fingerprint density at radius 3 is 2.68 bits per heavy atom. The number of hydrogen-bond donors (Lipinski definition) is 1. The molecule has 1 aromatic carbocycles. The van der Waals surface area contributed by atoms with Crippen molar-refractivity contribution in [3.63, 3.8) is 0 Å². The van der Waals surface area contributed by atoms with Crippen molar-refractivity contribution in [3.05, 3.63) is 51.7 Å². The van der Waals surface area contributed by atoms with E-state index in [1.165, 1.54) is 16.7 Å². The van der Waals surface area contributed by atoms with Gasteiger partial charge in [0.25, 0.3) is 0 Å². The first-order valence-electron chi connectivity index (χ1n) is 6.16. The van der Waals surface area contributed by atoms with Crippen LogP contribution in [-0.4, -0.2) is 17.1 Å². The van der Waals surface area contributed by atoms with Crippen LogP contribution in [0.1, 0.15) is 16.7 Å². The predicted molar refractivity (Wildman–Crippen MR) is 87.9 cm³/mol. The van der Waals surface area contributed by atoms with Gasteiger partial charge in [0, 0.05) is 19.3 Å². The maximum Gasteiger partial charge on any atom is 0.173 e. The molecule has 0 amide bonds. The largest absolute Gasteiger partial charge is 0.348 e. The summed E-state index contributed by atoms with van der Waals surface area (Å²) in [6.07, 6.45) is 0. The zero-order valence-electron chi connectivity index (χ0n) is 11.4. The molecule has 0 bridgehead atoms. The summed E-state index contributed by atoms with van der Waals surface area (Å²) < 4.78 is 0. The molecule has 0 aliphatic carbocycles. The summed E-state index contributed by atoms with van der Waals surface area (Å²) >= 11 is 7.14. The van der Waals surface area contributed by atoms with Crippen LogP contribution in [0, 0.1) is 13.8 Å². The summed E-state index contributed by atoms with van der Waals surface area (Å²) in [5.74, 6) is 0. The number of aryl methyl sites for hydroxylation is 2. The predicted octanol–water partition coefficient (Wildman–Crippen LogP) is 4.19. The van der Waals surface area contributed by atoms with Gasteiger partial charge in [-0.05, 0) is 71.7 Å². The summed E-state index contributed by atoms with van der Waals surface area (Å²) in [5.41, 5.74) is 4.90. The van der Waals surface area contributed by atoms with E-state index in [0.29, 0.717) is 0 Å². The summed E-state index contributed by atoms with van der Waals surface area (Å²) in [7, 11) is 2.01. The van der Waals surface area contributed by atoms with Crippen LogP contribution in [0.3, 0.4) is 0 Å². The molecule has 2 rings (SSSR count). The van der Waals surface area contributed by atoms with E-state index in [1.54, 1.807) is 11.3 Å². The van der Waals surface area contributed by atoms with Crippen LogP contribution in [-0.2, 0) is 6.54 Å². The van der Waals surface area contributed by atoms with Crippen molar-refractivity contribution in [1.82, 2.24) is 4.90 Å². The number of nitrogens with one attached hydrogen (secondary N) is 1. The van der Waals surface area contributed by atoms with Gasteiger partial charge in [-0.1, -0.05) is 6.07 Å². The number of benzene rings is 1. The van der Waals surface area contributed by atoms with Gasteiger partial charge in [-0.3, -0.25) is 0 Å². The zero-order chi connectivity index (χ0) is 13.8. The standard InChI is InChI=1S/C15H18N2S2/c1-11-4-5-14(8-12(11)2)16-15(18)17(3)9-13-6-7-19-10-13/h4-8,10H,9H2,1-3H3,(H,16,18). The number of rotatable bonds is 3. The molecular formula is C15H18N2S2. The van der Waals surface area contributed by atoms with Crippen molar-refractivity contribution in [3.8, 4) is 0 Å². The van der Waals surface area contributed by atoms with Crippen LogP contribution in [0.5, 0.6) is 0 Å². The van der Waals surface area contributed by atoms with Crippen molar-refractivity contribution in [2.75, 3.05) is 12.4 Å². The van der Waals surface area contributed by atoms with E-state index in [2.05, 4.69) is 54.2 Å². The van der Waals surface area contributed by atoms with Crippen molar-refractivity contribution < 1.29 is 0 Å². The summed E-state index contributed by atoms with van der Waals surface area (Å²) in [6, 6.07) is 8.42. The Morgan fingerprint density at radius 1 is 1.26 bits per heavy atom. The molecule has 2 aromatic rings. The lowest BCUT2D eigenvalue weighted by atomic mass is 10.1. The first-order valence-corrected chi connectivity index (χ1v) is 7.52. The normalized spacial score (nSPS) is 10.3. The second-order valence-electron chi connectivity index (χ2n) is 4.72. The lowest BCUT2D eigenvalue weighted by Gasteiger charge is -2.21. The van der Waals surface area contributed by atoms with Crippen molar-refractivity contribution in [2.45, 2.75) is 20.4 Å². The monoisotopic (exact) mass is 290 g/mol. The Kier molecular flexibility index (Phi) is 4.56. The number of hydrogen-bond acceptors (Lipinski definition) is 2. The molecule has 0 atom stereocenters. The quantitative estimate of drug-likeness (QED) is 0.853.